The van der Waals surface area contributed by atoms with Gasteiger partial charge in [-0.25, -0.2) is 4.79 Å². The third kappa shape index (κ3) is 3.10. The maximum absolute atomic E-state index is 11.9. The Morgan fingerprint density at radius 2 is 2.11 bits per heavy atom. The van der Waals surface area contributed by atoms with Gasteiger partial charge in [0.05, 0.1) is 5.56 Å². The van der Waals surface area contributed by atoms with Crippen molar-refractivity contribution < 1.29 is 14.7 Å². The normalized spacial score (nSPS) is 11.9. The van der Waals surface area contributed by atoms with E-state index in [1.807, 2.05) is 0 Å². The topological polar surface area (TPSA) is 112 Å². The first-order valence-electron chi connectivity index (χ1n) is 5.05. The third-order valence-corrected chi connectivity index (χ3v) is 2.91. The Kier molecular flexibility index (Phi) is 4.49. The molecule has 0 spiro atoms. The minimum atomic E-state index is -1.14. The van der Waals surface area contributed by atoms with Crippen molar-refractivity contribution in [3.8, 4) is 0 Å². The molecule has 0 saturated heterocycles. The van der Waals surface area contributed by atoms with Gasteiger partial charge in [0.25, 0.3) is 5.91 Å². The molecule has 0 fully saturated rings. The number of aromatic nitrogens is 2. The quantitative estimate of drug-likeness (QED) is 0.525. The third-order valence-electron chi connectivity index (χ3n) is 2.22. The van der Waals surface area contributed by atoms with E-state index in [0.717, 1.165) is 11.8 Å². The summed E-state index contributed by atoms with van der Waals surface area (Å²) in [5.41, 5.74) is 0.00400. The Morgan fingerprint density at radius 3 is 2.61 bits per heavy atom. The van der Waals surface area contributed by atoms with Crippen molar-refractivity contribution in [3.05, 3.63) is 21.7 Å². The van der Waals surface area contributed by atoms with E-state index in [9.17, 15) is 14.4 Å². The molecule has 0 unspecified atom stereocenters. The molecule has 1 amide bonds. The summed E-state index contributed by atoms with van der Waals surface area (Å²) < 4.78 is 0. The van der Waals surface area contributed by atoms with Gasteiger partial charge in [-0.05, 0) is 20.1 Å². The van der Waals surface area contributed by atoms with Gasteiger partial charge >= 0.3 is 11.7 Å². The number of carboxylic acids is 1. The van der Waals surface area contributed by atoms with E-state index in [0.29, 0.717) is 5.69 Å². The number of hydrogen-bond donors (Lipinski definition) is 3. The van der Waals surface area contributed by atoms with Crippen LogP contribution in [-0.4, -0.2) is 39.2 Å². The number of H-pyrrole nitrogens is 1. The van der Waals surface area contributed by atoms with Crippen LogP contribution in [0, 0.1) is 6.92 Å². The number of carbonyl (C=O) groups excluding carboxylic acids is 1. The van der Waals surface area contributed by atoms with Crippen molar-refractivity contribution in [3.63, 3.8) is 0 Å². The Labute approximate surface area is 107 Å². The monoisotopic (exact) mass is 271 g/mol. The molecular weight excluding hydrogens is 258 g/mol. The van der Waals surface area contributed by atoms with Gasteiger partial charge in [0.15, 0.2) is 0 Å². The summed E-state index contributed by atoms with van der Waals surface area (Å²) in [6.07, 6.45) is 1.68. The molecule has 7 nitrogen and oxygen atoms in total. The summed E-state index contributed by atoms with van der Waals surface area (Å²) in [4.78, 5) is 39.8. The molecule has 98 valence electrons. The van der Waals surface area contributed by atoms with Gasteiger partial charge in [0.2, 0.25) is 0 Å². The molecule has 8 heteroatoms. The smallest absolute Gasteiger partial charge is 0.346 e. The number of aromatic amines is 1. The van der Waals surface area contributed by atoms with Crippen molar-refractivity contribution in [2.24, 2.45) is 0 Å². The van der Waals surface area contributed by atoms with Crippen LogP contribution in [0.1, 0.15) is 23.0 Å². The van der Waals surface area contributed by atoms with Gasteiger partial charge in [-0.15, -0.1) is 11.8 Å². The molecule has 18 heavy (non-hydrogen) atoms. The van der Waals surface area contributed by atoms with E-state index < -0.39 is 23.6 Å². The number of carbonyl (C=O) groups is 2. The van der Waals surface area contributed by atoms with Crippen molar-refractivity contribution in [1.82, 2.24) is 15.3 Å². The molecule has 0 aromatic carbocycles. The lowest BCUT2D eigenvalue weighted by Crippen LogP contribution is -2.39. The zero-order valence-electron chi connectivity index (χ0n) is 10.1. The van der Waals surface area contributed by atoms with Crippen molar-refractivity contribution in [2.45, 2.75) is 24.9 Å². The van der Waals surface area contributed by atoms with Crippen LogP contribution in [0.4, 0.5) is 0 Å². The van der Waals surface area contributed by atoms with Gasteiger partial charge < -0.3 is 15.4 Å². The zero-order valence-corrected chi connectivity index (χ0v) is 10.9. The molecule has 0 aliphatic rings. The first-order valence-corrected chi connectivity index (χ1v) is 6.28. The van der Waals surface area contributed by atoms with Crippen molar-refractivity contribution in [2.75, 3.05) is 6.26 Å². The number of carboxylic acid groups (broad SMARTS) is 1. The van der Waals surface area contributed by atoms with Crippen molar-refractivity contribution in [1.29, 1.82) is 0 Å². The second-order valence-electron chi connectivity index (χ2n) is 3.58. The number of rotatable bonds is 4. The van der Waals surface area contributed by atoms with Crippen LogP contribution >= 0.6 is 11.8 Å². The minimum absolute atomic E-state index is 0.190. The molecule has 1 atom stereocenters. The van der Waals surface area contributed by atoms with Gasteiger partial charge in [-0.3, -0.25) is 9.59 Å². The molecule has 3 N–H and O–H groups in total. The van der Waals surface area contributed by atoms with E-state index in [1.54, 1.807) is 13.2 Å². The molecule has 0 radical (unpaired) electrons. The Hall–Kier alpha value is -1.83. The van der Waals surface area contributed by atoms with E-state index in [2.05, 4.69) is 15.3 Å². The summed E-state index contributed by atoms with van der Waals surface area (Å²) in [7, 11) is 0. The molecule has 0 bridgehead atoms. The highest BCUT2D eigenvalue weighted by molar-refractivity contribution is 7.98. The van der Waals surface area contributed by atoms with E-state index >= 15 is 0 Å². The minimum Gasteiger partial charge on any atom is -0.480 e. The molecule has 1 heterocycles. The Morgan fingerprint density at radius 1 is 1.50 bits per heavy atom. The largest absolute Gasteiger partial charge is 0.480 e. The van der Waals surface area contributed by atoms with Crippen LogP contribution in [0.25, 0.3) is 0 Å². The Bertz CT molecular complexity index is 540. The van der Waals surface area contributed by atoms with E-state index in [4.69, 9.17) is 5.11 Å². The Balaban J connectivity index is 3.13. The molecule has 1 aromatic rings. The molecule has 1 rings (SSSR count). The summed E-state index contributed by atoms with van der Waals surface area (Å²) >= 11 is 1.15. The van der Waals surface area contributed by atoms with Gasteiger partial charge in [0, 0.05) is 5.69 Å². The lowest BCUT2D eigenvalue weighted by Gasteiger charge is -2.12. The lowest BCUT2D eigenvalue weighted by molar-refractivity contribution is -0.138. The fourth-order valence-corrected chi connectivity index (χ4v) is 1.93. The predicted octanol–water partition coefficient (Wildman–Crippen LogP) is 0.00312. The number of amides is 1. The molecule has 0 saturated carbocycles. The number of nitrogens with zero attached hydrogens (tertiary/aromatic N) is 1. The van der Waals surface area contributed by atoms with Crippen molar-refractivity contribution >= 4 is 23.6 Å². The van der Waals surface area contributed by atoms with Crippen LogP contribution in [0.3, 0.4) is 0 Å². The average Bonchev–Trinajstić information content (AvgIpc) is 2.27. The highest BCUT2D eigenvalue weighted by Crippen LogP contribution is 2.17. The maximum atomic E-state index is 11.9. The van der Waals surface area contributed by atoms with Crippen LogP contribution in [0.5, 0.6) is 0 Å². The van der Waals surface area contributed by atoms with E-state index in [1.165, 1.54) is 6.92 Å². The number of nitrogens with one attached hydrogen (secondary N) is 2. The summed E-state index contributed by atoms with van der Waals surface area (Å²) in [6.45, 7) is 2.91. The number of thioether (sulfide) groups is 1. The fraction of sp³-hybridized carbons (Fsp3) is 0.400. The molecule has 0 aliphatic heterocycles. The second kappa shape index (κ2) is 5.67. The highest BCUT2D eigenvalue weighted by atomic mass is 32.2. The average molecular weight is 271 g/mol. The molecule has 0 aliphatic carbocycles. The van der Waals surface area contributed by atoms with Crippen LogP contribution < -0.4 is 11.0 Å². The highest BCUT2D eigenvalue weighted by Gasteiger charge is 2.21. The van der Waals surface area contributed by atoms with Gasteiger partial charge in [0.1, 0.15) is 11.1 Å². The number of hydrogen-bond acceptors (Lipinski definition) is 5. The SMILES string of the molecule is CSc1nc(=O)[nH]c(C)c1C(=O)N[C@@H](C)C(=O)O. The molecule has 1 aromatic heterocycles. The van der Waals surface area contributed by atoms with Crippen LogP contribution in [0.2, 0.25) is 0 Å². The van der Waals surface area contributed by atoms with Gasteiger partial charge in [-0.1, -0.05) is 0 Å². The predicted molar refractivity (Wildman–Crippen MR) is 65.9 cm³/mol. The molecular formula is C10H13N3O4S. The fourth-order valence-electron chi connectivity index (χ4n) is 1.31. The van der Waals surface area contributed by atoms with E-state index in [-0.39, 0.29) is 10.6 Å². The second-order valence-corrected chi connectivity index (χ2v) is 4.38. The summed E-state index contributed by atoms with van der Waals surface area (Å²) in [6, 6.07) is -1.02. The first-order chi connectivity index (χ1) is 8.36. The van der Waals surface area contributed by atoms with Crippen LogP contribution in [-0.2, 0) is 4.79 Å². The zero-order chi connectivity index (χ0) is 13.9. The maximum Gasteiger partial charge on any atom is 0.346 e. The number of aryl methyl sites for hydroxylation is 1. The van der Waals surface area contributed by atoms with Crippen LogP contribution in [0.15, 0.2) is 9.82 Å². The first kappa shape index (κ1) is 14.2. The van der Waals surface area contributed by atoms with Gasteiger partial charge in [-0.2, -0.15) is 4.98 Å². The summed E-state index contributed by atoms with van der Waals surface area (Å²) in [5.74, 6) is -1.71. The number of aliphatic carboxylic acids is 1. The lowest BCUT2D eigenvalue weighted by atomic mass is 10.2. The summed E-state index contributed by atoms with van der Waals surface area (Å²) in [5, 5.41) is 11.3. The standard InChI is InChI=1S/C10H13N3O4S/c1-4-6(7(14)11-5(2)9(15)16)8(18-3)13-10(17)12-4/h5H,1-3H3,(H,11,14)(H,15,16)(H,12,13,17)/t5-/m0/s1.